The molecule has 0 radical (unpaired) electrons. The molecular formula is C18H15N3OS. The number of anilines is 1. The Morgan fingerprint density at radius 1 is 1.30 bits per heavy atom. The number of ether oxygens (including phenoxy) is 1. The van der Waals surface area contributed by atoms with Gasteiger partial charge in [-0.25, -0.2) is 4.98 Å². The van der Waals surface area contributed by atoms with Crippen LogP contribution < -0.4 is 10.1 Å². The minimum absolute atomic E-state index is 0.495. The van der Waals surface area contributed by atoms with Gasteiger partial charge in [0.05, 0.1) is 23.0 Å². The van der Waals surface area contributed by atoms with Crippen LogP contribution >= 0.6 is 11.3 Å². The molecule has 0 unspecified atom stereocenters. The van der Waals surface area contributed by atoms with E-state index in [0.29, 0.717) is 10.6 Å². The fraction of sp³-hybridized carbons (Fsp3) is 0.111. The van der Waals surface area contributed by atoms with E-state index in [1.54, 1.807) is 13.3 Å². The Morgan fingerprint density at radius 2 is 2.13 bits per heavy atom. The highest BCUT2D eigenvalue weighted by molar-refractivity contribution is 7.19. The Labute approximate surface area is 138 Å². The standard InChI is InChI=1S/C18H15N3OS/c1-12-7-8-16(22-2)15(9-12)20-11-13(10-19)18-21-14-5-3-4-6-17(14)23-18/h3-9,11,20H,1-2H3/b13-11+. The molecule has 0 aliphatic heterocycles. The topological polar surface area (TPSA) is 57.9 Å². The van der Waals surface area contributed by atoms with Crippen molar-refractivity contribution in [2.24, 2.45) is 0 Å². The van der Waals surface area contributed by atoms with Crippen molar-refractivity contribution in [1.82, 2.24) is 4.98 Å². The van der Waals surface area contributed by atoms with Gasteiger partial charge in [0.25, 0.3) is 0 Å². The highest BCUT2D eigenvalue weighted by atomic mass is 32.1. The number of hydrogen-bond donors (Lipinski definition) is 1. The summed E-state index contributed by atoms with van der Waals surface area (Å²) >= 11 is 1.51. The van der Waals surface area contributed by atoms with Crippen LogP contribution in [0.25, 0.3) is 15.8 Å². The number of aryl methyl sites for hydroxylation is 1. The first-order valence-electron chi connectivity index (χ1n) is 7.08. The van der Waals surface area contributed by atoms with E-state index in [9.17, 15) is 5.26 Å². The molecule has 3 rings (SSSR count). The van der Waals surface area contributed by atoms with Gasteiger partial charge in [-0.1, -0.05) is 18.2 Å². The van der Waals surface area contributed by atoms with E-state index in [-0.39, 0.29) is 0 Å². The van der Waals surface area contributed by atoms with E-state index in [1.807, 2.05) is 49.4 Å². The number of aromatic nitrogens is 1. The number of methoxy groups -OCH3 is 1. The number of thiazole rings is 1. The molecule has 1 N–H and O–H groups in total. The smallest absolute Gasteiger partial charge is 0.142 e. The summed E-state index contributed by atoms with van der Waals surface area (Å²) in [7, 11) is 1.62. The first-order valence-corrected chi connectivity index (χ1v) is 7.90. The number of nitriles is 1. The lowest BCUT2D eigenvalue weighted by Crippen LogP contribution is -1.95. The van der Waals surface area contributed by atoms with Gasteiger partial charge in [-0.15, -0.1) is 11.3 Å². The van der Waals surface area contributed by atoms with Crippen LogP contribution in [-0.2, 0) is 0 Å². The fourth-order valence-corrected chi connectivity index (χ4v) is 3.15. The molecule has 4 nitrogen and oxygen atoms in total. The SMILES string of the molecule is COc1ccc(C)cc1N/C=C(\C#N)c1nc2ccccc2s1. The highest BCUT2D eigenvalue weighted by Crippen LogP contribution is 2.28. The molecule has 114 valence electrons. The molecule has 1 heterocycles. The third-order valence-electron chi connectivity index (χ3n) is 3.37. The maximum Gasteiger partial charge on any atom is 0.142 e. The normalized spacial score (nSPS) is 11.3. The molecule has 0 amide bonds. The van der Waals surface area contributed by atoms with Crippen LogP contribution in [0.4, 0.5) is 5.69 Å². The molecule has 0 bridgehead atoms. The average Bonchev–Trinajstić information content (AvgIpc) is 2.99. The number of nitrogens with zero attached hydrogens (tertiary/aromatic N) is 2. The summed E-state index contributed by atoms with van der Waals surface area (Å²) < 4.78 is 6.40. The number of para-hydroxylation sites is 1. The van der Waals surface area contributed by atoms with Crippen molar-refractivity contribution in [3.8, 4) is 11.8 Å². The number of hydrogen-bond acceptors (Lipinski definition) is 5. The Kier molecular flexibility index (Phi) is 4.26. The van der Waals surface area contributed by atoms with Crippen LogP contribution in [-0.4, -0.2) is 12.1 Å². The van der Waals surface area contributed by atoms with Crippen LogP contribution in [0.2, 0.25) is 0 Å². The van der Waals surface area contributed by atoms with Crippen molar-refractivity contribution in [2.75, 3.05) is 12.4 Å². The maximum absolute atomic E-state index is 9.44. The monoisotopic (exact) mass is 321 g/mol. The van der Waals surface area contributed by atoms with E-state index in [0.717, 1.165) is 27.2 Å². The first-order chi connectivity index (χ1) is 11.2. The fourth-order valence-electron chi connectivity index (χ4n) is 2.21. The van der Waals surface area contributed by atoms with E-state index >= 15 is 0 Å². The second-order valence-corrected chi connectivity index (χ2v) is 6.04. The Balaban J connectivity index is 1.93. The lowest BCUT2D eigenvalue weighted by atomic mass is 10.2. The molecule has 0 aliphatic rings. The van der Waals surface area contributed by atoms with Crippen molar-refractivity contribution in [2.45, 2.75) is 6.92 Å². The van der Waals surface area contributed by atoms with Crippen molar-refractivity contribution < 1.29 is 4.74 Å². The van der Waals surface area contributed by atoms with Crippen molar-refractivity contribution in [3.63, 3.8) is 0 Å². The van der Waals surface area contributed by atoms with E-state index in [2.05, 4.69) is 16.4 Å². The second-order valence-electron chi connectivity index (χ2n) is 5.00. The van der Waals surface area contributed by atoms with Crippen molar-refractivity contribution in [1.29, 1.82) is 5.26 Å². The Hall–Kier alpha value is -2.84. The van der Waals surface area contributed by atoms with Crippen LogP contribution in [0.5, 0.6) is 5.75 Å². The van der Waals surface area contributed by atoms with Gasteiger partial charge in [0.15, 0.2) is 0 Å². The highest BCUT2D eigenvalue weighted by Gasteiger charge is 2.09. The van der Waals surface area contributed by atoms with E-state index in [1.165, 1.54) is 11.3 Å². The molecular weight excluding hydrogens is 306 g/mol. The third-order valence-corrected chi connectivity index (χ3v) is 4.44. The average molecular weight is 321 g/mol. The van der Waals surface area contributed by atoms with Gasteiger partial charge in [0.1, 0.15) is 22.4 Å². The Morgan fingerprint density at radius 3 is 2.87 bits per heavy atom. The summed E-state index contributed by atoms with van der Waals surface area (Å²) in [4.78, 5) is 4.51. The molecule has 0 spiro atoms. The summed E-state index contributed by atoms with van der Waals surface area (Å²) in [6, 6.07) is 15.9. The molecule has 1 aromatic heterocycles. The van der Waals surface area contributed by atoms with Gasteiger partial charge in [0.2, 0.25) is 0 Å². The van der Waals surface area contributed by atoms with Crippen molar-refractivity contribution >= 4 is 32.8 Å². The second kappa shape index (κ2) is 6.51. The molecule has 2 aromatic carbocycles. The quantitative estimate of drug-likeness (QED) is 0.714. The summed E-state index contributed by atoms with van der Waals surface area (Å²) in [5.74, 6) is 0.730. The molecule has 5 heteroatoms. The van der Waals surface area contributed by atoms with Gasteiger partial charge in [-0.3, -0.25) is 0 Å². The summed E-state index contributed by atoms with van der Waals surface area (Å²) in [6.45, 7) is 2.01. The number of nitrogens with one attached hydrogen (secondary N) is 1. The summed E-state index contributed by atoms with van der Waals surface area (Å²) in [5, 5.41) is 13.3. The van der Waals surface area contributed by atoms with Crippen LogP contribution in [0.15, 0.2) is 48.7 Å². The molecule has 0 fully saturated rings. The zero-order chi connectivity index (χ0) is 16.2. The largest absolute Gasteiger partial charge is 0.495 e. The lowest BCUT2D eigenvalue weighted by Gasteiger charge is -2.09. The summed E-state index contributed by atoms with van der Waals surface area (Å²) in [6.07, 6.45) is 1.68. The predicted octanol–water partition coefficient (Wildman–Crippen LogP) is 4.59. The Bertz CT molecular complexity index is 888. The van der Waals surface area contributed by atoms with Crippen LogP contribution in [0.1, 0.15) is 10.6 Å². The maximum atomic E-state index is 9.44. The molecule has 3 aromatic rings. The number of fused-ring (bicyclic) bond motifs is 1. The molecule has 0 saturated carbocycles. The third kappa shape index (κ3) is 3.17. The number of benzene rings is 2. The van der Waals surface area contributed by atoms with Gasteiger partial charge in [-0.05, 0) is 36.8 Å². The molecule has 0 saturated heterocycles. The lowest BCUT2D eigenvalue weighted by molar-refractivity contribution is 0.416. The van der Waals surface area contributed by atoms with Crippen LogP contribution in [0, 0.1) is 18.3 Å². The van der Waals surface area contributed by atoms with Gasteiger partial charge >= 0.3 is 0 Å². The zero-order valence-corrected chi connectivity index (χ0v) is 13.6. The van der Waals surface area contributed by atoms with E-state index < -0.39 is 0 Å². The molecule has 0 atom stereocenters. The van der Waals surface area contributed by atoms with E-state index in [4.69, 9.17) is 4.74 Å². The minimum atomic E-state index is 0.495. The predicted molar refractivity (Wildman–Crippen MR) is 94.6 cm³/mol. The van der Waals surface area contributed by atoms with Crippen LogP contribution in [0.3, 0.4) is 0 Å². The summed E-state index contributed by atoms with van der Waals surface area (Å²) in [5.41, 5.74) is 3.33. The first kappa shape index (κ1) is 15.1. The zero-order valence-electron chi connectivity index (χ0n) is 12.8. The number of allylic oxidation sites excluding steroid dienone is 1. The molecule has 23 heavy (non-hydrogen) atoms. The molecule has 0 aliphatic carbocycles. The van der Waals surface area contributed by atoms with Gasteiger partial charge in [0, 0.05) is 6.20 Å². The van der Waals surface area contributed by atoms with Crippen molar-refractivity contribution in [3.05, 3.63) is 59.2 Å². The minimum Gasteiger partial charge on any atom is -0.495 e. The van der Waals surface area contributed by atoms with Gasteiger partial charge < -0.3 is 10.1 Å². The van der Waals surface area contributed by atoms with Gasteiger partial charge in [-0.2, -0.15) is 5.26 Å². The number of rotatable bonds is 4.